The second-order valence-corrected chi connectivity index (χ2v) is 9.84. The van der Waals surface area contributed by atoms with Crippen molar-refractivity contribution in [1.29, 1.82) is 0 Å². The number of oxime groups is 1. The van der Waals surface area contributed by atoms with Crippen molar-refractivity contribution in [3.8, 4) is 11.1 Å². The van der Waals surface area contributed by atoms with Crippen LogP contribution in [-0.2, 0) is 20.2 Å². The Morgan fingerprint density at radius 2 is 1.76 bits per heavy atom. The second-order valence-electron chi connectivity index (χ2n) is 7.98. The molecule has 3 aromatic rings. The van der Waals surface area contributed by atoms with Crippen LogP contribution in [0, 0.1) is 0 Å². The smallest absolute Gasteiger partial charge is 0.240 e. The van der Waals surface area contributed by atoms with Crippen molar-refractivity contribution in [2.45, 2.75) is 22.6 Å². The summed E-state index contributed by atoms with van der Waals surface area (Å²) in [7, 11) is -2.27. The van der Waals surface area contributed by atoms with E-state index in [9.17, 15) is 13.2 Å². The lowest BCUT2D eigenvalue weighted by Gasteiger charge is -2.16. The minimum atomic E-state index is -3.64. The van der Waals surface area contributed by atoms with Gasteiger partial charge in [0.1, 0.15) is 0 Å². The topological polar surface area (TPSA) is 148 Å². The first kappa shape index (κ1) is 22.5. The summed E-state index contributed by atoms with van der Waals surface area (Å²) >= 11 is 0. The number of primary amides is 1. The summed E-state index contributed by atoms with van der Waals surface area (Å²) in [6, 6.07) is 21.1. The summed E-state index contributed by atoms with van der Waals surface area (Å²) in [5, 5.41) is 12.0. The molecule has 8 nitrogen and oxygen atoms in total. The van der Waals surface area contributed by atoms with Crippen LogP contribution in [0.15, 0.2) is 82.8 Å². The molecule has 0 aromatic heterocycles. The molecule has 1 aliphatic carbocycles. The lowest BCUT2D eigenvalue weighted by molar-refractivity contribution is -0.120. The van der Waals surface area contributed by atoms with Crippen molar-refractivity contribution < 1.29 is 18.4 Å². The average molecular weight is 465 g/mol. The van der Waals surface area contributed by atoms with E-state index >= 15 is 0 Å². The van der Waals surface area contributed by atoms with Crippen LogP contribution < -0.4 is 16.2 Å². The number of carbonyl (C=O) groups excluding carboxylic acids is 1. The first-order valence-corrected chi connectivity index (χ1v) is 11.7. The Kier molecular flexibility index (Phi) is 5.69. The molecular weight excluding hydrogens is 440 g/mol. The van der Waals surface area contributed by atoms with Crippen molar-refractivity contribution in [2.24, 2.45) is 16.6 Å². The van der Waals surface area contributed by atoms with Gasteiger partial charge in [-0.05, 0) is 42.3 Å². The number of nitrogens with zero attached hydrogens (tertiary/aromatic N) is 1. The van der Waals surface area contributed by atoms with Gasteiger partial charge in [0.15, 0.2) is 5.84 Å². The number of hydrogen-bond acceptors (Lipinski definition) is 5. The normalized spacial score (nSPS) is 20.4. The highest BCUT2D eigenvalue weighted by Crippen LogP contribution is 2.60. The van der Waals surface area contributed by atoms with Gasteiger partial charge in [0.05, 0.1) is 10.3 Å². The molecule has 6 N–H and O–H groups in total. The fourth-order valence-corrected chi connectivity index (χ4v) is 5.32. The van der Waals surface area contributed by atoms with Gasteiger partial charge in [-0.25, -0.2) is 13.1 Å². The van der Waals surface area contributed by atoms with Crippen LogP contribution in [0.25, 0.3) is 11.1 Å². The Bertz CT molecular complexity index is 1350. The Balaban J connectivity index is 1.70. The van der Waals surface area contributed by atoms with Gasteiger partial charge in [0, 0.05) is 17.0 Å². The maximum atomic E-state index is 12.6. The molecule has 33 heavy (non-hydrogen) atoms. The number of amides is 1. The summed E-state index contributed by atoms with van der Waals surface area (Å²) in [5.74, 6) is -0.599. The zero-order valence-electron chi connectivity index (χ0n) is 17.9. The summed E-state index contributed by atoms with van der Waals surface area (Å²) in [6.45, 7) is 0. The molecule has 0 radical (unpaired) electrons. The molecule has 1 fully saturated rings. The molecule has 2 unspecified atom stereocenters. The van der Waals surface area contributed by atoms with Crippen LogP contribution in [-0.4, -0.2) is 32.4 Å². The molecule has 9 heteroatoms. The van der Waals surface area contributed by atoms with Crippen LogP contribution in [0.4, 0.5) is 0 Å². The summed E-state index contributed by atoms with van der Waals surface area (Å²) in [6.07, 6.45) is 0.534. The number of hydrogen-bond donors (Lipinski definition) is 4. The highest BCUT2D eigenvalue weighted by molar-refractivity contribution is 7.89. The van der Waals surface area contributed by atoms with Crippen molar-refractivity contribution in [1.82, 2.24) is 4.72 Å². The van der Waals surface area contributed by atoms with E-state index in [0.717, 1.165) is 11.1 Å². The Morgan fingerprint density at radius 3 is 2.39 bits per heavy atom. The van der Waals surface area contributed by atoms with Crippen molar-refractivity contribution in [3.63, 3.8) is 0 Å². The fourth-order valence-electron chi connectivity index (χ4n) is 4.37. The molecule has 0 heterocycles. The minimum absolute atomic E-state index is 0.0123. The fraction of sp³-hybridized carbons (Fsp3) is 0.167. The first-order chi connectivity index (χ1) is 15.7. The predicted octanol–water partition coefficient (Wildman–Crippen LogP) is 2.27. The standard InChI is InChI=1S/C24H24N4O4S/c1-27-33(31,32)21-8-3-2-7-19(21)15-9-11-18(12-10-15)24(23(26)29)14-20(24)16-5-4-6-17(13-16)22(25)28-30/h2-13,20,27,30H,14H2,1H3,(H2,25,28)(H2,26,29). The molecule has 170 valence electrons. The predicted molar refractivity (Wildman–Crippen MR) is 125 cm³/mol. The summed E-state index contributed by atoms with van der Waals surface area (Å²) < 4.78 is 27.2. The van der Waals surface area contributed by atoms with Gasteiger partial charge in [0.25, 0.3) is 0 Å². The second kappa shape index (κ2) is 8.34. The molecule has 1 amide bonds. The van der Waals surface area contributed by atoms with E-state index in [1.807, 2.05) is 18.2 Å². The zero-order valence-corrected chi connectivity index (χ0v) is 18.7. The number of amidine groups is 1. The van der Waals surface area contributed by atoms with Crippen LogP contribution in [0.1, 0.15) is 29.0 Å². The van der Waals surface area contributed by atoms with E-state index in [0.29, 0.717) is 23.1 Å². The van der Waals surface area contributed by atoms with E-state index in [-0.39, 0.29) is 16.6 Å². The number of nitrogens with two attached hydrogens (primary N) is 2. The third-order valence-corrected chi connectivity index (χ3v) is 7.72. The van der Waals surface area contributed by atoms with Gasteiger partial charge >= 0.3 is 0 Å². The summed E-state index contributed by atoms with van der Waals surface area (Å²) in [4.78, 5) is 12.7. The molecule has 2 atom stereocenters. The van der Waals surface area contributed by atoms with Gasteiger partial charge < -0.3 is 16.7 Å². The monoisotopic (exact) mass is 464 g/mol. The largest absolute Gasteiger partial charge is 0.409 e. The quantitative estimate of drug-likeness (QED) is 0.183. The van der Waals surface area contributed by atoms with Crippen LogP contribution in [0.3, 0.4) is 0 Å². The van der Waals surface area contributed by atoms with Gasteiger partial charge in [-0.2, -0.15) is 0 Å². The van der Waals surface area contributed by atoms with Crippen LogP contribution in [0.2, 0.25) is 0 Å². The Morgan fingerprint density at radius 1 is 1.06 bits per heavy atom. The zero-order chi connectivity index (χ0) is 23.8. The molecule has 0 bridgehead atoms. The van der Waals surface area contributed by atoms with E-state index < -0.39 is 21.3 Å². The molecule has 1 saturated carbocycles. The number of benzene rings is 3. The molecule has 3 aromatic carbocycles. The van der Waals surface area contributed by atoms with Crippen molar-refractivity contribution in [2.75, 3.05) is 7.05 Å². The van der Waals surface area contributed by atoms with E-state index in [1.165, 1.54) is 7.05 Å². The molecule has 1 aliphatic rings. The lowest BCUT2D eigenvalue weighted by atomic mass is 9.88. The van der Waals surface area contributed by atoms with E-state index in [2.05, 4.69) is 9.88 Å². The van der Waals surface area contributed by atoms with Gasteiger partial charge in [-0.3, -0.25) is 4.79 Å². The number of sulfonamides is 1. The molecule has 0 saturated heterocycles. The van der Waals surface area contributed by atoms with Crippen LogP contribution >= 0.6 is 0 Å². The van der Waals surface area contributed by atoms with Crippen molar-refractivity contribution >= 4 is 21.8 Å². The third kappa shape index (κ3) is 3.85. The number of carbonyl (C=O) groups is 1. The summed E-state index contributed by atoms with van der Waals surface area (Å²) in [5.41, 5.74) is 14.1. The molecular formula is C24H24N4O4S. The van der Waals surface area contributed by atoms with E-state index in [1.54, 1.807) is 54.6 Å². The third-order valence-electron chi connectivity index (χ3n) is 6.25. The molecule has 4 rings (SSSR count). The first-order valence-electron chi connectivity index (χ1n) is 10.3. The van der Waals surface area contributed by atoms with Crippen molar-refractivity contribution in [3.05, 3.63) is 89.5 Å². The molecule has 0 aliphatic heterocycles. The highest BCUT2D eigenvalue weighted by atomic mass is 32.2. The maximum absolute atomic E-state index is 12.6. The Hall–Kier alpha value is -3.69. The molecule has 0 spiro atoms. The van der Waals surface area contributed by atoms with Gasteiger partial charge in [-0.1, -0.05) is 65.8 Å². The maximum Gasteiger partial charge on any atom is 0.240 e. The average Bonchev–Trinajstić information content (AvgIpc) is 3.61. The number of rotatable bonds is 7. The van der Waals surface area contributed by atoms with Gasteiger partial charge in [0.2, 0.25) is 15.9 Å². The SMILES string of the molecule is CNS(=O)(=O)c1ccccc1-c1ccc(C2(C(N)=O)CC2c2cccc(C(N)=NO)c2)cc1. The Labute approximate surface area is 192 Å². The van der Waals surface area contributed by atoms with E-state index in [4.69, 9.17) is 16.7 Å². The number of nitrogens with one attached hydrogen (secondary N) is 1. The van der Waals surface area contributed by atoms with Gasteiger partial charge in [-0.15, -0.1) is 0 Å². The van der Waals surface area contributed by atoms with Crippen LogP contribution in [0.5, 0.6) is 0 Å². The lowest BCUT2D eigenvalue weighted by Crippen LogP contribution is -2.30. The minimum Gasteiger partial charge on any atom is -0.409 e. The highest BCUT2D eigenvalue weighted by Gasteiger charge is 2.60.